The zero-order valence-corrected chi connectivity index (χ0v) is 12.3. The fourth-order valence-electron chi connectivity index (χ4n) is 2.17. The van der Waals surface area contributed by atoms with Gasteiger partial charge in [0.2, 0.25) is 5.91 Å². The van der Waals surface area contributed by atoms with Crippen LogP contribution in [0.4, 0.5) is 14.5 Å². The molecule has 0 bridgehead atoms. The van der Waals surface area contributed by atoms with E-state index in [2.05, 4.69) is 10.6 Å². The van der Waals surface area contributed by atoms with Gasteiger partial charge in [0.1, 0.15) is 12.4 Å². The van der Waals surface area contributed by atoms with Gasteiger partial charge in [0, 0.05) is 5.92 Å². The first kappa shape index (κ1) is 17.7. The molecule has 0 spiro atoms. The number of halogens is 3. The van der Waals surface area contributed by atoms with Gasteiger partial charge in [-0.3, -0.25) is 4.79 Å². The Morgan fingerprint density at radius 1 is 1.33 bits per heavy atom. The first-order valence-corrected chi connectivity index (χ1v) is 6.68. The molecule has 2 rings (SSSR count). The van der Waals surface area contributed by atoms with E-state index in [0.29, 0.717) is 5.69 Å². The zero-order chi connectivity index (χ0) is 14.4. The second kappa shape index (κ2) is 8.79. The van der Waals surface area contributed by atoms with E-state index in [1.54, 1.807) is 24.3 Å². The number of carbonyl (C=O) groups excluding carboxylic acids is 1. The summed E-state index contributed by atoms with van der Waals surface area (Å²) in [5.74, 6) is 0.147. The monoisotopic (exact) mass is 320 g/mol. The highest BCUT2D eigenvalue weighted by molar-refractivity contribution is 5.94. The Balaban J connectivity index is 0.00000220. The lowest BCUT2D eigenvalue weighted by atomic mass is 9.97. The molecule has 2 N–H and O–H groups in total. The maximum Gasteiger partial charge on any atom is 0.272 e. The number of piperidine rings is 1. The number of hydrogen-bond acceptors (Lipinski definition) is 3. The first-order chi connectivity index (χ1) is 9.66. The van der Waals surface area contributed by atoms with Crippen LogP contribution in [0, 0.1) is 5.92 Å². The molecule has 1 amide bonds. The van der Waals surface area contributed by atoms with Crippen LogP contribution in [0.5, 0.6) is 5.75 Å². The predicted molar refractivity (Wildman–Crippen MR) is 79.4 cm³/mol. The maximum absolute atomic E-state index is 12.2. The van der Waals surface area contributed by atoms with Crippen molar-refractivity contribution in [3.8, 4) is 5.75 Å². The minimum absolute atomic E-state index is 0. The van der Waals surface area contributed by atoms with Crippen LogP contribution >= 0.6 is 12.4 Å². The van der Waals surface area contributed by atoms with Crippen LogP contribution in [0.15, 0.2) is 24.3 Å². The first-order valence-electron chi connectivity index (χ1n) is 6.68. The Labute approximate surface area is 128 Å². The molecule has 1 aliphatic rings. The summed E-state index contributed by atoms with van der Waals surface area (Å²) in [5, 5.41) is 5.96. The second-order valence-electron chi connectivity index (χ2n) is 4.71. The third-order valence-electron chi connectivity index (χ3n) is 3.22. The van der Waals surface area contributed by atoms with Crippen LogP contribution in [-0.2, 0) is 4.79 Å². The van der Waals surface area contributed by atoms with Crippen LogP contribution < -0.4 is 15.4 Å². The quantitative estimate of drug-likeness (QED) is 0.877. The summed E-state index contributed by atoms with van der Waals surface area (Å²) >= 11 is 0. The lowest BCUT2D eigenvalue weighted by Gasteiger charge is -2.22. The van der Waals surface area contributed by atoms with Crippen molar-refractivity contribution in [2.45, 2.75) is 19.3 Å². The number of hydrogen-bond donors (Lipinski definition) is 2. The number of benzene rings is 1. The van der Waals surface area contributed by atoms with Gasteiger partial charge in [-0.25, -0.2) is 8.78 Å². The van der Waals surface area contributed by atoms with E-state index < -0.39 is 13.0 Å². The smallest absolute Gasteiger partial charge is 0.272 e. The molecule has 1 fully saturated rings. The predicted octanol–water partition coefficient (Wildman–Crippen LogP) is 2.69. The van der Waals surface area contributed by atoms with E-state index in [0.717, 1.165) is 25.9 Å². The molecule has 0 aliphatic carbocycles. The highest BCUT2D eigenvalue weighted by atomic mass is 35.5. The summed E-state index contributed by atoms with van der Waals surface area (Å²) in [7, 11) is 0. The van der Waals surface area contributed by atoms with Crippen molar-refractivity contribution >= 4 is 24.0 Å². The Morgan fingerprint density at radius 2 is 2.00 bits per heavy atom. The molecule has 7 heteroatoms. The molecule has 1 heterocycles. The average molecular weight is 321 g/mol. The molecule has 0 aromatic heterocycles. The Morgan fingerprint density at radius 3 is 2.67 bits per heavy atom. The lowest BCUT2D eigenvalue weighted by Crippen LogP contribution is -2.34. The molecule has 1 aromatic carbocycles. The summed E-state index contributed by atoms with van der Waals surface area (Å²) in [6.07, 6.45) is -0.971. The molecule has 0 saturated carbocycles. The van der Waals surface area contributed by atoms with Gasteiger partial charge < -0.3 is 15.4 Å². The summed E-state index contributed by atoms with van der Waals surface area (Å²) in [6, 6.07) is 6.63. The minimum Gasteiger partial charge on any atom is -0.485 e. The molecule has 4 nitrogen and oxygen atoms in total. The Kier molecular flexibility index (Phi) is 7.39. The summed E-state index contributed by atoms with van der Waals surface area (Å²) in [4.78, 5) is 12.1. The molecule has 1 saturated heterocycles. The number of ether oxygens (including phenoxy) is 1. The van der Waals surface area contributed by atoms with Crippen molar-refractivity contribution in [2.75, 3.05) is 25.0 Å². The van der Waals surface area contributed by atoms with E-state index in [4.69, 9.17) is 4.74 Å². The summed E-state index contributed by atoms with van der Waals surface area (Å²) in [5.41, 5.74) is 0.441. The van der Waals surface area contributed by atoms with Crippen molar-refractivity contribution < 1.29 is 18.3 Å². The van der Waals surface area contributed by atoms with Crippen LogP contribution in [0.25, 0.3) is 0 Å². The van der Waals surface area contributed by atoms with Crippen LogP contribution in [-0.4, -0.2) is 32.0 Å². The van der Waals surface area contributed by atoms with Gasteiger partial charge in [-0.2, -0.15) is 0 Å². The number of anilines is 1. The molecule has 1 aliphatic heterocycles. The van der Waals surface area contributed by atoms with Gasteiger partial charge in [0.05, 0.1) is 5.69 Å². The largest absolute Gasteiger partial charge is 0.485 e. The van der Waals surface area contributed by atoms with Gasteiger partial charge in [0.25, 0.3) is 6.43 Å². The van der Waals surface area contributed by atoms with Crippen molar-refractivity contribution in [3.63, 3.8) is 0 Å². The Bertz CT molecular complexity index is 454. The van der Waals surface area contributed by atoms with Gasteiger partial charge in [-0.05, 0) is 38.1 Å². The van der Waals surface area contributed by atoms with Gasteiger partial charge in [0.15, 0.2) is 0 Å². The number of amides is 1. The highest BCUT2D eigenvalue weighted by Gasteiger charge is 2.21. The number of para-hydroxylation sites is 2. The van der Waals surface area contributed by atoms with Gasteiger partial charge in [-0.15, -0.1) is 12.4 Å². The normalized spacial score (nSPS) is 15.4. The van der Waals surface area contributed by atoms with E-state index in [1.165, 1.54) is 0 Å². The standard InChI is InChI=1S/C14H18F2N2O2.ClH/c15-13(16)9-20-12-4-2-1-3-11(12)18-14(19)10-5-7-17-8-6-10;/h1-4,10,13,17H,5-9H2,(H,18,19);1H. The summed E-state index contributed by atoms with van der Waals surface area (Å²) < 4.78 is 29.4. The van der Waals surface area contributed by atoms with Gasteiger partial charge in [-0.1, -0.05) is 12.1 Å². The van der Waals surface area contributed by atoms with E-state index in [-0.39, 0.29) is 30.0 Å². The second-order valence-corrected chi connectivity index (χ2v) is 4.71. The number of alkyl halides is 2. The van der Waals surface area contributed by atoms with E-state index in [1.807, 2.05) is 0 Å². The molecule has 0 unspecified atom stereocenters. The fourth-order valence-corrected chi connectivity index (χ4v) is 2.17. The molecular formula is C14H19ClF2N2O2. The highest BCUT2D eigenvalue weighted by Crippen LogP contribution is 2.25. The third kappa shape index (κ3) is 5.47. The fraction of sp³-hybridized carbons (Fsp3) is 0.500. The maximum atomic E-state index is 12.2. The average Bonchev–Trinajstić information content (AvgIpc) is 2.47. The zero-order valence-electron chi connectivity index (χ0n) is 11.5. The number of nitrogens with one attached hydrogen (secondary N) is 2. The van der Waals surface area contributed by atoms with Crippen molar-refractivity contribution in [2.24, 2.45) is 5.92 Å². The van der Waals surface area contributed by atoms with E-state index in [9.17, 15) is 13.6 Å². The minimum atomic E-state index is -2.54. The topological polar surface area (TPSA) is 50.4 Å². The third-order valence-corrected chi connectivity index (χ3v) is 3.22. The molecule has 0 radical (unpaired) electrons. The van der Waals surface area contributed by atoms with Crippen molar-refractivity contribution in [1.29, 1.82) is 0 Å². The number of rotatable bonds is 5. The number of carbonyl (C=O) groups is 1. The van der Waals surface area contributed by atoms with E-state index >= 15 is 0 Å². The lowest BCUT2D eigenvalue weighted by molar-refractivity contribution is -0.120. The molecular weight excluding hydrogens is 302 g/mol. The molecule has 0 atom stereocenters. The van der Waals surface area contributed by atoms with Crippen molar-refractivity contribution in [1.82, 2.24) is 5.32 Å². The van der Waals surface area contributed by atoms with Gasteiger partial charge >= 0.3 is 0 Å². The van der Waals surface area contributed by atoms with Crippen molar-refractivity contribution in [3.05, 3.63) is 24.3 Å². The molecule has 1 aromatic rings. The van der Waals surface area contributed by atoms with Crippen LogP contribution in [0.2, 0.25) is 0 Å². The SMILES string of the molecule is Cl.O=C(Nc1ccccc1OCC(F)F)C1CCNCC1. The summed E-state index contributed by atoms with van der Waals surface area (Å²) in [6.45, 7) is 0.962. The van der Waals surface area contributed by atoms with Crippen LogP contribution in [0.3, 0.4) is 0 Å². The molecule has 21 heavy (non-hydrogen) atoms. The Hall–Kier alpha value is -1.40. The van der Waals surface area contributed by atoms with Crippen LogP contribution in [0.1, 0.15) is 12.8 Å². The molecule has 118 valence electrons.